The summed E-state index contributed by atoms with van der Waals surface area (Å²) in [5.41, 5.74) is 0. The zero-order chi connectivity index (χ0) is 6.57. The molecule has 0 aliphatic rings. The van der Waals surface area contributed by atoms with Crippen LogP contribution in [0.15, 0.2) is 0 Å². The third-order valence-electron chi connectivity index (χ3n) is 0.777. The molecule has 0 aliphatic heterocycles. The molecule has 0 N–H and O–H groups in total. The van der Waals surface area contributed by atoms with Crippen molar-refractivity contribution < 1.29 is 0 Å². The van der Waals surface area contributed by atoms with Gasteiger partial charge in [-0.15, -0.1) is 23.2 Å². The van der Waals surface area contributed by atoms with Gasteiger partial charge >= 0.3 is 0 Å². The van der Waals surface area contributed by atoms with Crippen LogP contribution in [-0.4, -0.2) is 16.1 Å². The Morgan fingerprint density at radius 2 is 2.00 bits per heavy atom. The minimum absolute atomic E-state index is 0.00367. The van der Waals surface area contributed by atoms with Gasteiger partial charge in [0.2, 0.25) is 0 Å². The molecule has 0 amide bonds. The summed E-state index contributed by atoms with van der Waals surface area (Å²) in [6.45, 7) is 3.57. The first-order chi connectivity index (χ1) is 3.68. The number of hydrogen-bond donors (Lipinski definition) is 0. The van der Waals surface area contributed by atoms with Gasteiger partial charge in [-0.05, 0) is 13.3 Å². The molecule has 1 radical (unpaired) electrons. The summed E-state index contributed by atoms with van der Waals surface area (Å²) >= 11 is 14.5. The second-order valence-corrected chi connectivity index (χ2v) is 3.42. The van der Waals surface area contributed by atoms with Gasteiger partial charge in [0, 0.05) is 5.33 Å². The fourth-order valence-electron chi connectivity index (χ4n) is 0.285. The van der Waals surface area contributed by atoms with E-state index in [0.717, 1.165) is 11.8 Å². The van der Waals surface area contributed by atoms with Crippen LogP contribution >= 0.6 is 39.1 Å². The van der Waals surface area contributed by atoms with Gasteiger partial charge in [-0.25, -0.2) is 0 Å². The van der Waals surface area contributed by atoms with E-state index >= 15 is 0 Å². The monoisotopic (exact) mass is 217 g/mol. The maximum atomic E-state index is 5.69. The Morgan fingerprint density at radius 1 is 1.50 bits per heavy atom. The molecule has 3 heteroatoms. The third kappa shape index (κ3) is 3.99. The lowest BCUT2D eigenvalue weighted by atomic mass is 10.3. The molecule has 0 aliphatic carbocycles. The largest absolute Gasteiger partial charge is 0.121 e. The first kappa shape index (κ1) is 9.06. The normalized spacial score (nSPS) is 18.0. The van der Waals surface area contributed by atoms with Crippen LogP contribution in [0.5, 0.6) is 0 Å². The van der Waals surface area contributed by atoms with Crippen molar-refractivity contribution >= 4 is 39.1 Å². The molecule has 0 spiro atoms. The molecule has 0 aromatic carbocycles. The van der Waals surface area contributed by atoms with Crippen LogP contribution < -0.4 is 0 Å². The van der Waals surface area contributed by atoms with Gasteiger partial charge in [0.1, 0.15) is 0 Å². The molecular formula is C5H8BrCl2. The highest BCUT2D eigenvalue weighted by Crippen LogP contribution is 2.13. The molecule has 0 nitrogen and oxygen atoms in total. The van der Waals surface area contributed by atoms with E-state index in [9.17, 15) is 0 Å². The van der Waals surface area contributed by atoms with Crippen LogP contribution in [0.4, 0.5) is 0 Å². The predicted octanol–water partition coefficient (Wildman–Crippen LogP) is 2.82. The summed E-state index contributed by atoms with van der Waals surface area (Å²) in [5, 5.41) is 0.713. The van der Waals surface area contributed by atoms with Crippen LogP contribution in [0.2, 0.25) is 0 Å². The molecule has 0 aromatic rings. The molecule has 8 heavy (non-hydrogen) atoms. The van der Waals surface area contributed by atoms with Gasteiger partial charge < -0.3 is 0 Å². The van der Waals surface area contributed by atoms with Gasteiger partial charge in [0.05, 0.1) is 10.8 Å². The van der Waals surface area contributed by atoms with Crippen LogP contribution in [0.1, 0.15) is 6.42 Å². The standard InChI is InChI=1S/C5H8BrCl2/c1-4(7)5(8)2-3-6/h4-5H,1-3H2. The first-order valence-electron chi connectivity index (χ1n) is 2.35. The number of hydrogen-bond acceptors (Lipinski definition) is 0. The van der Waals surface area contributed by atoms with Gasteiger partial charge in [-0.1, -0.05) is 15.9 Å². The maximum Gasteiger partial charge on any atom is 0.0507 e. The summed E-state index contributed by atoms with van der Waals surface area (Å²) < 4.78 is 0. The van der Waals surface area contributed by atoms with E-state index in [2.05, 4.69) is 22.9 Å². The summed E-state index contributed by atoms with van der Waals surface area (Å²) in [4.78, 5) is 0. The van der Waals surface area contributed by atoms with E-state index in [0.29, 0.717) is 0 Å². The van der Waals surface area contributed by atoms with E-state index in [4.69, 9.17) is 23.2 Å². The Morgan fingerprint density at radius 3 is 2.12 bits per heavy atom. The van der Waals surface area contributed by atoms with E-state index in [1.165, 1.54) is 0 Å². The van der Waals surface area contributed by atoms with Crippen molar-refractivity contribution in [3.8, 4) is 0 Å². The van der Waals surface area contributed by atoms with E-state index in [1.54, 1.807) is 0 Å². The van der Waals surface area contributed by atoms with Crippen molar-refractivity contribution in [3.63, 3.8) is 0 Å². The van der Waals surface area contributed by atoms with E-state index in [1.807, 2.05) is 0 Å². The zero-order valence-electron chi connectivity index (χ0n) is 4.41. The molecule has 0 bridgehead atoms. The number of halogens is 3. The topological polar surface area (TPSA) is 0 Å². The van der Waals surface area contributed by atoms with Gasteiger partial charge in [0.15, 0.2) is 0 Å². The Hall–Kier alpha value is 1.06. The minimum atomic E-state index is -0.172. The van der Waals surface area contributed by atoms with Gasteiger partial charge in [-0.2, -0.15) is 0 Å². The minimum Gasteiger partial charge on any atom is -0.121 e. The van der Waals surface area contributed by atoms with Crippen molar-refractivity contribution in [1.82, 2.24) is 0 Å². The van der Waals surface area contributed by atoms with Crippen LogP contribution in [0, 0.1) is 6.92 Å². The van der Waals surface area contributed by atoms with Gasteiger partial charge in [0.25, 0.3) is 0 Å². The highest BCUT2D eigenvalue weighted by Gasteiger charge is 2.09. The Balaban J connectivity index is 3.17. The lowest BCUT2D eigenvalue weighted by Crippen LogP contribution is -2.10. The van der Waals surface area contributed by atoms with E-state index in [-0.39, 0.29) is 10.8 Å². The smallest absolute Gasteiger partial charge is 0.0507 e. The quantitative estimate of drug-likeness (QED) is 0.640. The molecule has 0 saturated heterocycles. The molecule has 2 atom stereocenters. The maximum absolute atomic E-state index is 5.69. The van der Waals surface area contributed by atoms with Crippen molar-refractivity contribution in [3.05, 3.63) is 6.92 Å². The summed E-state index contributed by atoms with van der Waals surface area (Å²) in [7, 11) is 0. The van der Waals surface area contributed by atoms with Crippen LogP contribution in [0.3, 0.4) is 0 Å². The highest BCUT2D eigenvalue weighted by molar-refractivity contribution is 9.09. The Labute approximate surface area is 68.7 Å². The van der Waals surface area contributed by atoms with E-state index < -0.39 is 0 Å². The van der Waals surface area contributed by atoms with Crippen molar-refractivity contribution in [2.75, 3.05) is 5.33 Å². The molecular weight excluding hydrogens is 211 g/mol. The molecule has 0 aromatic heterocycles. The molecule has 49 valence electrons. The van der Waals surface area contributed by atoms with Crippen molar-refractivity contribution in [1.29, 1.82) is 0 Å². The second-order valence-electron chi connectivity index (χ2n) is 1.51. The predicted molar refractivity (Wildman–Crippen MR) is 43.1 cm³/mol. The third-order valence-corrected chi connectivity index (χ3v) is 2.19. The Bertz CT molecular complexity index is 56.4. The summed E-state index contributed by atoms with van der Waals surface area (Å²) in [5.74, 6) is 0. The fourth-order valence-corrected chi connectivity index (χ4v) is 1.28. The molecule has 2 unspecified atom stereocenters. The molecule has 0 heterocycles. The lowest BCUT2D eigenvalue weighted by Gasteiger charge is -2.07. The Kier molecular flexibility index (Phi) is 5.54. The number of rotatable bonds is 3. The average Bonchev–Trinajstić information content (AvgIpc) is 1.67. The lowest BCUT2D eigenvalue weighted by molar-refractivity contribution is 0.842. The zero-order valence-corrected chi connectivity index (χ0v) is 7.51. The van der Waals surface area contributed by atoms with Gasteiger partial charge in [-0.3, -0.25) is 0 Å². The SMILES string of the molecule is [CH2]C(Cl)C(Cl)CCBr. The van der Waals surface area contributed by atoms with Crippen molar-refractivity contribution in [2.24, 2.45) is 0 Å². The first-order valence-corrected chi connectivity index (χ1v) is 4.35. The second kappa shape index (κ2) is 4.89. The molecule has 0 fully saturated rings. The van der Waals surface area contributed by atoms with Crippen LogP contribution in [0.25, 0.3) is 0 Å². The summed E-state index contributed by atoms with van der Waals surface area (Å²) in [6, 6.07) is 0. The van der Waals surface area contributed by atoms with Crippen molar-refractivity contribution in [2.45, 2.75) is 17.2 Å². The molecule has 0 saturated carbocycles. The average molecular weight is 219 g/mol. The van der Waals surface area contributed by atoms with Crippen LogP contribution in [-0.2, 0) is 0 Å². The fraction of sp³-hybridized carbons (Fsp3) is 0.800. The number of alkyl halides is 3. The summed E-state index contributed by atoms with van der Waals surface area (Å²) in [6.07, 6.45) is 0.874. The molecule has 0 rings (SSSR count). The highest BCUT2D eigenvalue weighted by atomic mass is 79.9.